The van der Waals surface area contributed by atoms with Gasteiger partial charge in [-0.25, -0.2) is 0 Å². The Morgan fingerprint density at radius 3 is 2.67 bits per heavy atom. The van der Waals surface area contributed by atoms with E-state index >= 15 is 0 Å². The molecule has 0 amide bonds. The van der Waals surface area contributed by atoms with Crippen molar-refractivity contribution in [3.05, 3.63) is 47.5 Å². The Morgan fingerprint density at radius 2 is 1.90 bits per heavy atom. The lowest BCUT2D eigenvalue weighted by Crippen LogP contribution is -2.24. The van der Waals surface area contributed by atoms with E-state index in [1.807, 2.05) is 30.3 Å². The number of ether oxygens (including phenoxy) is 3. The summed E-state index contributed by atoms with van der Waals surface area (Å²) >= 11 is 0. The van der Waals surface area contributed by atoms with Gasteiger partial charge in [0.05, 0.1) is 26.5 Å². The molecular formula is C17H19NO3. The summed E-state index contributed by atoms with van der Waals surface area (Å²) in [7, 11) is 3.27. The number of hydrogen-bond acceptors (Lipinski definition) is 4. The van der Waals surface area contributed by atoms with Crippen molar-refractivity contribution < 1.29 is 14.2 Å². The maximum atomic E-state index is 6.16. The Morgan fingerprint density at radius 1 is 1.10 bits per heavy atom. The van der Waals surface area contributed by atoms with E-state index in [9.17, 15) is 0 Å². The van der Waals surface area contributed by atoms with E-state index in [0.717, 1.165) is 34.9 Å². The quantitative estimate of drug-likeness (QED) is 0.936. The smallest absolute Gasteiger partial charge is 0.161 e. The molecule has 0 saturated carbocycles. The first kappa shape index (κ1) is 13.6. The molecule has 4 nitrogen and oxygen atoms in total. The Kier molecular flexibility index (Phi) is 3.60. The number of anilines is 1. The molecule has 0 bridgehead atoms. The Bertz CT molecular complexity index is 654. The predicted octanol–water partition coefficient (Wildman–Crippen LogP) is 3.56. The molecule has 1 N–H and O–H groups in total. The third-order valence-electron chi connectivity index (χ3n) is 3.73. The van der Waals surface area contributed by atoms with Crippen LogP contribution >= 0.6 is 0 Å². The van der Waals surface area contributed by atoms with Gasteiger partial charge in [-0.05, 0) is 36.2 Å². The molecular weight excluding hydrogens is 266 g/mol. The SMILES string of the molecule is COc1ccc(C2CNc3cccc(C)c3O2)cc1OC. The molecule has 1 heterocycles. The average molecular weight is 285 g/mol. The molecule has 1 aliphatic rings. The number of aryl methyl sites for hydroxylation is 1. The molecule has 0 aromatic heterocycles. The van der Waals surface area contributed by atoms with Crippen LogP contribution in [0.3, 0.4) is 0 Å². The summed E-state index contributed by atoms with van der Waals surface area (Å²) in [4.78, 5) is 0. The van der Waals surface area contributed by atoms with Gasteiger partial charge in [-0.1, -0.05) is 18.2 Å². The van der Waals surface area contributed by atoms with Crippen LogP contribution in [0.2, 0.25) is 0 Å². The van der Waals surface area contributed by atoms with Gasteiger partial charge in [-0.3, -0.25) is 0 Å². The van der Waals surface area contributed by atoms with Crippen molar-refractivity contribution in [2.45, 2.75) is 13.0 Å². The van der Waals surface area contributed by atoms with Crippen molar-refractivity contribution in [1.82, 2.24) is 0 Å². The molecule has 21 heavy (non-hydrogen) atoms. The Hall–Kier alpha value is -2.36. The molecule has 0 radical (unpaired) electrons. The van der Waals surface area contributed by atoms with Crippen LogP contribution in [0.5, 0.6) is 17.2 Å². The number of nitrogens with one attached hydrogen (secondary N) is 1. The number of rotatable bonds is 3. The van der Waals surface area contributed by atoms with Crippen LogP contribution in [0.25, 0.3) is 0 Å². The molecule has 3 rings (SSSR count). The fourth-order valence-electron chi connectivity index (χ4n) is 2.57. The van der Waals surface area contributed by atoms with E-state index in [1.165, 1.54) is 0 Å². The van der Waals surface area contributed by atoms with Crippen LogP contribution in [-0.2, 0) is 0 Å². The minimum absolute atomic E-state index is 0.0431. The van der Waals surface area contributed by atoms with Gasteiger partial charge in [0.25, 0.3) is 0 Å². The lowest BCUT2D eigenvalue weighted by Gasteiger charge is -2.29. The summed E-state index contributed by atoms with van der Waals surface area (Å²) in [6, 6.07) is 12.0. The highest BCUT2D eigenvalue weighted by Gasteiger charge is 2.23. The van der Waals surface area contributed by atoms with E-state index in [2.05, 4.69) is 18.3 Å². The maximum Gasteiger partial charge on any atom is 0.161 e. The molecule has 2 aromatic rings. The topological polar surface area (TPSA) is 39.7 Å². The molecule has 0 saturated heterocycles. The van der Waals surface area contributed by atoms with E-state index in [0.29, 0.717) is 5.75 Å². The van der Waals surface area contributed by atoms with Gasteiger partial charge < -0.3 is 19.5 Å². The summed E-state index contributed by atoms with van der Waals surface area (Å²) in [5, 5.41) is 3.42. The Balaban J connectivity index is 1.91. The molecule has 4 heteroatoms. The van der Waals surface area contributed by atoms with Crippen LogP contribution in [0.1, 0.15) is 17.2 Å². The standard InChI is InChI=1S/C17H19NO3/c1-11-5-4-6-13-17(11)21-16(10-18-13)12-7-8-14(19-2)15(9-12)20-3/h4-9,16,18H,10H2,1-3H3. The molecule has 0 spiro atoms. The summed E-state index contributed by atoms with van der Waals surface area (Å²) in [5.74, 6) is 2.36. The highest BCUT2D eigenvalue weighted by Crippen LogP contribution is 2.38. The average Bonchev–Trinajstić information content (AvgIpc) is 2.54. The van der Waals surface area contributed by atoms with Crippen molar-refractivity contribution in [3.63, 3.8) is 0 Å². The van der Waals surface area contributed by atoms with Gasteiger partial charge >= 0.3 is 0 Å². The molecule has 0 fully saturated rings. The number of methoxy groups -OCH3 is 2. The fourth-order valence-corrected chi connectivity index (χ4v) is 2.57. The monoisotopic (exact) mass is 285 g/mol. The number of hydrogen-bond donors (Lipinski definition) is 1. The lowest BCUT2D eigenvalue weighted by atomic mass is 10.1. The van der Waals surface area contributed by atoms with Crippen molar-refractivity contribution >= 4 is 5.69 Å². The van der Waals surface area contributed by atoms with E-state index in [1.54, 1.807) is 14.2 Å². The highest BCUT2D eigenvalue weighted by atomic mass is 16.5. The van der Waals surface area contributed by atoms with Gasteiger partial charge in [0.15, 0.2) is 11.5 Å². The zero-order chi connectivity index (χ0) is 14.8. The fraction of sp³-hybridized carbons (Fsp3) is 0.294. The summed E-state index contributed by atoms with van der Waals surface area (Å²) < 4.78 is 16.8. The molecule has 0 aliphatic carbocycles. The zero-order valence-electron chi connectivity index (χ0n) is 12.5. The van der Waals surface area contributed by atoms with Gasteiger partial charge in [-0.15, -0.1) is 0 Å². The molecule has 1 unspecified atom stereocenters. The van der Waals surface area contributed by atoms with Crippen LogP contribution in [0, 0.1) is 6.92 Å². The maximum absolute atomic E-state index is 6.16. The molecule has 110 valence electrons. The second-order valence-corrected chi connectivity index (χ2v) is 5.05. The second-order valence-electron chi connectivity index (χ2n) is 5.05. The normalized spacial score (nSPS) is 16.4. The highest BCUT2D eigenvalue weighted by molar-refractivity contribution is 5.61. The van der Waals surface area contributed by atoms with Gasteiger partial charge in [0, 0.05) is 0 Å². The van der Waals surface area contributed by atoms with Crippen LogP contribution in [0.15, 0.2) is 36.4 Å². The minimum atomic E-state index is -0.0431. The van der Waals surface area contributed by atoms with Crippen LogP contribution < -0.4 is 19.5 Å². The first-order valence-corrected chi connectivity index (χ1v) is 6.95. The number of benzene rings is 2. The van der Waals surface area contributed by atoms with Gasteiger partial charge in [0.1, 0.15) is 11.9 Å². The largest absolute Gasteiger partial charge is 0.493 e. The van der Waals surface area contributed by atoms with Crippen molar-refractivity contribution in [1.29, 1.82) is 0 Å². The minimum Gasteiger partial charge on any atom is -0.493 e. The summed E-state index contributed by atoms with van der Waals surface area (Å²) in [6.07, 6.45) is -0.0431. The molecule has 1 atom stereocenters. The number of fused-ring (bicyclic) bond motifs is 1. The second kappa shape index (κ2) is 5.56. The van der Waals surface area contributed by atoms with E-state index in [4.69, 9.17) is 14.2 Å². The van der Waals surface area contributed by atoms with Crippen molar-refractivity contribution in [3.8, 4) is 17.2 Å². The van der Waals surface area contributed by atoms with Gasteiger partial charge in [-0.2, -0.15) is 0 Å². The first-order valence-electron chi connectivity index (χ1n) is 6.95. The van der Waals surface area contributed by atoms with E-state index < -0.39 is 0 Å². The lowest BCUT2D eigenvalue weighted by molar-refractivity contribution is 0.208. The van der Waals surface area contributed by atoms with Gasteiger partial charge in [0.2, 0.25) is 0 Å². The first-order chi connectivity index (χ1) is 10.2. The third-order valence-corrected chi connectivity index (χ3v) is 3.73. The molecule has 2 aromatic carbocycles. The van der Waals surface area contributed by atoms with Crippen molar-refractivity contribution in [2.24, 2.45) is 0 Å². The summed E-state index contributed by atoms with van der Waals surface area (Å²) in [5.41, 5.74) is 3.24. The van der Waals surface area contributed by atoms with Crippen LogP contribution in [-0.4, -0.2) is 20.8 Å². The zero-order valence-corrected chi connectivity index (χ0v) is 12.5. The van der Waals surface area contributed by atoms with Crippen LogP contribution in [0.4, 0.5) is 5.69 Å². The number of para-hydroxylation sites is 1. The molecule has 1 aliphatic heterocycles. The Labute approximate surface area is 124 Å². The third kappa shape index (κ3) is 2.49. The van der Waals surface area contributed by atoms with E-state index in [-0.39, 0.29) is 6.10 Å². The predicted molar refractivity (Wildman–Crippen MR) is 82.6 cm³/mol. The summed E-state index contributed by atoms with van der Waals surface area (Å²) in [6.45, 7) is 2.78. The van der Waals surface area contributed by atoms with Crippen molar-refractivity contribution in [2.75, 3.05) is 26.1 Å².